The van der Waals surface area contributed by atoms with Gasteiger partial charge in [-0.3, -0.25) is 10.1 Å². The fraction of sp³-hybridized carbons (Fsp3) is 0.364. The highest BCUT2D eigenvalue weighted by atomic mass is 35.5. The molecule has 0 aromatic heterocycles. The lowest BCUT2D eigenvalue weighted by Gasteiger charge is -2.26. The number of carbonyl (C=O) groups is 1. The van der Waals surface area contributed by atoms with Crippen LogP contribution in [-0.2, 0) is 9.84 Å². The smallest absolute Gasteiger partial charge is 0.258 e. The van der Waals surface area contributed by atoms with Gasteiger partial charge in [-0.2, -0.15) is 0 Å². The van der Waals surface area contributed by atoms with E-state index in [0.717, 1.165) is 12.1 Å². The Morgan fingerprint density at radius 2 is 1.81 bits per heavy atom. The average molecular weight is 484 g/mol. The molecular formula is C22H24ClF2N3O3S. The highest BCUT2D eigenvalue weighted by Gasteiger charge is 2.24. The predicted octanol–water partition coefficient (Wildman–Crippen LogP) is 4.42. The molecule has 6 nitrogen and oxygen atoms in total. The van der Waals surface area contributed by atoms with Crippen molar-refractivity contribution in [2.45, 2.75) is 31.7 Å². The summed E-state index contributed by atoms with van der Waals surface area (Å²) < 4.78 is 49.8. The fourth-order valence-corrected chi connectivity index (χ4v) is 5.05. The summed E-state index contributed by atoms with van der Waals surface area (Å²) in [6, 6.07) is 9.59. The second-order valence-corrected chi connectivity index (χ2v) is 10.6. The van der Waals surface area contributed by atoms with Crippen molar-refractivity contribution in [3.63, 3.8) is 0 Å². The summed E-state index contributed by atoms with van der Waals surface area (Å²) >= 11 is 6.03. The van der Waals surface area contributed by atoms with Crippen molar-refractivity contribution in [3.05, 3.63) is 64.7 Å². The maximum atomic E-state index is 13.5. The van der Waals surface area contributed by atoms with E-state index in [4.69, 9.17) is 11.6 Å². The second kappa shape index (κ2) is 10.4. The molecule has 1 aliphatic rings. The fourth-order valence-electron chi connectivity index (χ4n) is 3.67. The third-order valence-corrected chi connectivity index (χ3v) is 6.48. The van der Waals surface area contributed by atoms with Crippen LogP contribution in [-0.4, -0.2) is 38.3 Å². The normalized spacial score (nSPS) is 19.4. The first-order valence-corrected chi connectivity index (χ1v) is 12.6. The molecule has 10 heteroatoms. The molecule has 2 aromatic carbocycles. The van der Waals surface area contributed by atoms with E-state index in [-0.39, 0.29) is 29.2 Å². The summed E-state index contributed by atoms with van der Waals surface area (Å²) in [4.78, 5) is 17.2. The van der Waals surface area contributed by atoms with Crippen LogP contribution in [0.2, 0.25) is 5.02 Å². The molecule has 1 amide bonds. The third-order valence-electron chi connectivity index (χ3n) is 5.17. The van der Waals surface area contributed by atoms with Gasteiger partial charge >= 0.3 is 0 Å². The number of carbonyl (C=O) groups excluding carboxylic acids is 1. The Balaban J connectivity index is 1.76. The standard InChI is InChI=1S/C22H24ClF2N3O3S/c1-32(30,31)13-14-5-8-17(9-6-14)26-22(27-18-4-2-3-16(23)12-18)28-21(29)15-7-10-19(24)20(25)11-15/h2-4,7,10-12,14,17H,5-6,8-9,13H2,1H3,(H2,26,27,28,29). The van der Waals surface area contributed by atoms with Crippen molar-refractivity contribution >= 4 is 39.0 Å². The molecule has 172 valence electrons. The second-order valence-electron chi connectivity index (χ2n) is 7.96. The minimum atomic E-state index is -3.04. The van der Waals surface area contributed by atoms with Crippen LogP contribution < -0.4 is 10.6 Å². The monoisotopic (exact) mass is 483 g/mol. The zero-order valence-electron chi connectivity index (χ0n) is 17.4. The van der Waals surface area contributed by atoms with Gasteiger partial charge in [0.05, 0.1) is 11.8 Å². The number of rotatable bonds is 5. The van der Waals surface area contributed by atoms with Crippen LogP contribution in [0.4, 0.5) is 14.5 Å². The Morgan fingerprint density at radius 3 is 2.44 bits per heavy atom. The van der Waals surface area contributed by atoms with Gasteiger partial charge in [0, 0.05) is 22.5 Å². The van der Waals surface area contributed by atoms with Crippen molar-refractivity contribution < 1.29 is 22.0 Å². The molecule has 0 atom stereocenters. The number of aliphatic imine (C=N–C) groups is 1. The van der Waals surface area contributed by atoms with Gasteiger partial charge in [-0.15, -0.1) is 0 Å². The number of nitrogens with one attached hydrogen (secondary N) is 2. The van der Waals surface area contributed by atoms with Crippen molar-refractivity contribution in [3.8, 4) is 0 Å². The van der Waals surface area contributed by atoms with Crippen LogP contribution in [0, 0.1) is 17.6 Å². The highest BCUT2D eigenvalue weighted by molar-refractivity contribution is 7.90. The van der Waals surface area contributed by atoms with Gasteiger partial charge in [-0.25, -0.2) is 22.2 Å². The topological polar surface area (TPSA) is 87.6 Å². The summed E-state index contributed by atoms with van der Waals surface area (Å²) in [6.07, 6.45) is 3.99. The molecule has 1 saturated carbocycles. The van der Waals surface area contributed by atoms with E-state index in [1.54, 1.807) is 24.3 Å². The zero-order valence-corrected chi connectivity index (χ0v) is 19.0. The van der Waals surface area contributed by atoms with Gasteiger partial charge in [-0.05, 0) is 68.0 Å². The minimum absolute atomic E-state index is 0.0543. The van der Waals surface area contributed by atoms with Crippen LogP contribution in [0.5, 0.6) is 0 Å². The Morgan fingerprint density at radius 1 is 1.09 bits per heavy atom. The van der Waals surface area contributed by atoms with E-state index in [1.165, 1.54) is 12.3 Å². The first-order valence-electron chi connectivity index (χ1n) is 10.1. The number of benzene rings is 2. The Bertz CT molecular complexity index is 1120. The average Bonchev–Trinajstić information content (AvgIpc) is 2.70. The molecule has 0 spiro atoms. The van der Waals surface area contributed by atoms with Crippen molar-refractivity contribution in [1.29, 1.82) is 0 Å². The molecular weight excluding hydrogens is 460 g/mol. The maximum Gasteiger partial charge on any atom is 0.258 e. The van der Waals surface area contributed by atoms with E-state index in [2.05, 4.69) is 15.6 Å². The molecule has 2 aromatic rings. The molecule has 32 heavy (non-hydrogen) atoms. The molecule has 0 unspecified atom stereocenters. The van der Waals surface area contributed by atoms with Gasteiger partial charge in [0.15, 0.2) is 11.6 Å². The number of guanidine groups is 1. The van der Waals surface area contributed by atoms with Crippen molar-refractivity contribution in [1.82, 2.24) is 5.32 Å². The lowest BCUT2D eigenvalue weighted by molar-refractivity contribution is 0.0976. The summed E-state index contributed by atoms with van der Waals surface area (Å²) in [6.45, 7) is 0. The van der Waals surface area contributed by atoms with E-state index in [0.29, 0.717) is 36.4 Å². The molecule has 0 radical (unpaired) electrons. The molecule has 0 heterocycles. The largest absolute Gasteiger partial charge is 0.326 e. The van der Waals surface area contributed by atoms with E-state index >= 15 is 0 Å². The predicted molar refractivity (Wildman–Crippen MR) is 122 cm³/mol. The zero-order chi connectivity index (χ0) is 23.3. The summed E-state index contributed by atoms with van der Waals surface area (Å²) in [5, 5.41) is 6.12. The van der Waals surface area contributed by atoms with Gasteiger partial charge in [0.2, 0.25) is 5.96 Å². The first-order chi connectivity index (χ1) is 15.1. The number of hydrogen-bond donors (Lipinski definition) is 2. The third kappa shape index (κ3) is 7.27. The minimum Gasteiger partial charge on any atom is -0.326 e. The van der Waals surface area contributed by atoms with E-state index in [9.17, 15) is 22.0 Å². The molecule has 1 aliphatic carbocycles. The molecule has 0 bridgehead atoms. The first kappa shape index (κ1) is 24.1. The molecule has 0 saturated heterocycles. The van der Waals surface area contributed by atoms with Crippen molar-refractivity contribution in [2.24, 2.45) is 10.9 Å². The van der Waals surface area contributed by atoms with Crippen molar-refractivity contribution in [2.75, 3.05) is 17.3 Å². The van der Waals surface area contributed by atoms with Crippen LogP contribution in [0.15, 0.2) is 47.5 Å². The molecule has 2 N–H and O–H groups in total. The van der Waals surface area contributed by atoms with Gasteiger partial charge in [0.25, 0.3) is 5.91 Å². The van der Waals surface area contributed by atoms with Crippen LogP contribution in [0.3, 0.4) is 0 Å². The van der Waals surface area contributed by atoms with Crippen LogP contribution in [0.1, 0.15) is 36.0 Å². The number of amides is 1. The highest BCUT2D eigenvalue weighted by Crippen LogP contribution is 2.27. The summed E-state index contributed by atoms with van der Waals surface area (Å²) in [5.74, 6) is -2.42. The molecule has 3 rings (SSSR count). The lowest BCUT2D eigenvalue weighted by Crippen LogP contribution is -2.37. The van der Waals surface area contributed by atoms with E-state index < -0.39 is 27.4 Å². The number of halogens is 3. The SMILES string of the molecule is CS(=O)(=O)CC1CCC(N=C(NC(=O)c2ccc(F)c(F)c2)Nc2cccc(Cl)c2)CC1. The van der Waals surface area contributed by atoms with E-state index in [1.807, 2.05) is 0 Å². The summed E-state index contributed by atoms with van der Waals surface area (Å²) in [5.41, 5.74) is 0.536. The van der Waals surface area contributed by atoms with Crippen LogP contribution >= 0.6 is 11.6 Å². The Kier molecular flexibility index (Phi) is 7.84. The molecule has 0 aliphatic heterocycles. The van der Waals surface area contributed by atoms with Gasteiger partial charge in [0.1, 0.15) is 9.84 Å². The summed E-state index contributed by atoms with van der Waals surface area (Å²) in [7, 11) is -3.04. The quantitative estimate of drug-likeness (QED) is 0.487. The number of anilines is 1. The van der Waals surface area contributed by atoms with Gasteiger partial charge in [-0.1, -0.05) is 17.7 Å². The Hall–Kier alpha value is -2.52. The number of nitrogens with zero attached hydrogens (tertiary/aromatic N) is 1. The molecule has 1 fully saturated rings. The Labute approximate surface area is 191 Å². The maximum absolute atomic E-state index is 13.5. The number of sulfone groups is 1. The lowest BCUT2D eigenvalue weighted by atomic mass is 9.87. The number of hydrogen-bond acceptors (Lipinski definition) is 4. The van der Waals surface area contributed by atoms with Crippen LogP contribution in [0.25, 0.3) is 0 Å². The van der Waals surface area contributed by atoms with Gasteiger partial charge < -0.3 is 5.32 Å².